The fourth-order valence-corrected chi connectivity index (χ4v) is 2.43. The topological polar surface area (TPSA) is 106 Å². The third-order valence-electron chi connectivity index (χ3n) is 3.67. The van der Waals surface area contributed by atoms with Crippen LogP contribution >= 0.6 is 0 Å². The van der Waals surface area contributed by atoms with Gasteiger partial charge in [-0.25, -0.2) is 14.8 Å². The number of rotatable bonds is 1. The second kappa shape index (κ2) is 5.23. The smallest absolute Gasteiger partial charge is 0.332 e. The van der Waals surface area contributed by atoms with Crippen LogP contribution in [0.25, 0.3) is 11.2 Å². The molecule has 22 heavy (non-hydrogen) atoms. The second-order valence-electron chi connectivity index (χ2n) is 4.99. The molecule has 0 spiro atoms. The van der Waals surface area contributed by atoms with Gasteiger partial charge in [-0.2, -0.15) is 5.26 Å². The van der Waals surface area contributed by atoms with Crippen LogP contribution in [0, 0.1) is 11.3 Å². The number of aryl methyl sites for hydroxylation is 1. The second-order valence-corrected chi connectivity index (χ2v) is 4.99. The molecule has 3 heterocycles. The quantitative estimate of drug-likeness (QED) is 0.647. The van der Waals surface area contributed by atoms with Gasteiger partial charge in [-0.1, -0.05) is 0 Å². The van der Waals surface area contributed by atoms with Crippen molar-refractivity contribution in [3.63, 3.8) is 0 Å². The molecule has 9 heteroatoms. The monoisotopic (exact) mass is 302 g/mol. The SMILES string of the molecule is Cn1c(=O)c2nc(C#N)c(N3CCOCC3)nc2n(C)c1=O. The lowest BCUT2D eigenvalue weighted by molar-refractivity contribution is 0.122. The van der Waals surface area contributed by atoms with E-state index >= 15 is 0 Å². The van der Waals surface area contributed by atoms with Gasteiger partial charge in [-0.05, 0) is 0 Å². The molecular weight excluding hydrogens is 288 g/mol. The number of nitrogens with zero attached hydrogens (tertiary/aromatic N) is 6. The highest BCUT2D eigenvalue weighted by atomic mass is 16.5. The average Bonchev–Trinajstić information content (AvgIpc) is 2.57. The third-order valence-corrected chi connectivity index (χ3v) is 3.67. The van der Waals surface area contributed by atoms with Crippen molar-refractivity contribution in [1.82, 2.24) is 19.1 Å². The van der Waals surface area contributed by atoms with Crippen molar-refractivity contribution < 1.29 is 4.74 Å². The van der Waals surface area contributed by atoms with Crippen LogP contribution in [-0.2, 0) is 18.8 Å². The van der Waals surface area contributed by atoms with Crippen LogP contribution in [0.3, 0.4) is 0 Å². The Labute approximate surface area is 125 Å². The van der Waals surface area contributed by atoms with Crippen LogP contribution in [0.1, 0.15) is 5.69 Å². The Hall–Kier alpha value is -2.73. The molecule has 0 bridgehead atoms. The van der Waals surface area contributed by atoms with Crippen molar-refractivity contribution in [3.8, 4) is 6.07 Å². The van der Waals surface area contributed by atoms with E-state index in [1.54, 1.807) is 0 Å². The van der Waals surface area contributed by atoms with Crippen molar-refractivity contribution in [1.29, 1.82) is 5.26 Å². The number of ether oxygens (including phenoxy) is 1. The first kappa shape index (κ1) is 14.2. The Kier molecular flexibility index (Phi) is 3.38. The number of aromatic nitrogens is 4. The number of hydrogen-bond acceptors (Lipinski definition) is 7. The molecule has 0 atom stereocenters. The van der Waals surface area contributed by atoms with Gasteiger partial charge in [0.2, 0.25) is 0 Å². The lowest BCUT2D eigenvalue weighted by Gasteiger charge is -2.28. The van der Waals surface area contributed by atoms with Crippen molar-refractivity contribution >= 4 is 17.0 Å². The molecule has 0 saturated carbocycles. The molecule has 0 amide bonds. The first-order valence-electron chi connectivity index (χ1n) is 6.75. The number of anilines is 1. The number of fused-ring (bicyclic) bond motifs is 1. The van der Waals surface area contributed by atoms with Crippen LogP contribution in [0.2, 0.25) is 0 Å². The Morgan fingerprint density at radius 2 is 1.82 bits per heavy atom. The minimum atomic E-state index is -0.560. The fraction of sp³-hybridized carbons (Fsp3) is 0.462. The van der Waals surface area contributed by atoms with Crippen LogP contribution in [0.15, 0.2) is 9.59 Å². The molecule has 114 valence electrons. The molecule has 0 aliphatic carbocycles. The molecule has 9 nitrogen and oxygen atoms in total. The van der Waals surface area contributed by atoms with Crippen LogP contribution < -0.4 is 16.1 Å². The van der Waals surface area contributed by atoms with E-state index in [-0.39, 0.29) is 16.9 Å². The predicted molar refractivity (Wildman–Crippen MR) is 77.8 cm³/mol. The number of morpholine rings is 1. The summed E-state index contributed by atoms with van der Waals surface area (Å²) in [6.45, 7) is 2.21. The number of hydrogen-bond donors (Lipinski definition) is 0. The Balaban J connectivity index is 2.33. The molecule has 0 unspecified atom stereocenters. The molecule has 3 rings (SSSR count). The molecule has 0 N–H and O–H groups in total. The van der Waals surface area contributed by atoms with Crippen LogP contribution in [0.4, 0.5) is 5.82 Å². The lowest BCUT2D eigenvalue weighted by atomic mass is 10.3. The fourth-order valence-electron chi connectivity index (χ4n) is 2.43. The van der Waals surface area contributed by atoms with Crippen molar-refractivity contribution in [2.45, 2.75) is 0 Å². The summed E-state index contributed by atoms with van der Waals surface area (Å²) in [6, 6.07) is 1.97. The maximum atomic E-state index is 12.2. The van der Waals surface area contributed by atoms with Crippen LogP contribution in [0.5, 0.6) is 0 Å². The van der Waals surface area contributed by atoms with Gasteiger partial charge >= 0.3 is 5.69 Å². The zero-order valence-electron chi connectivity index (χ0n) is 12.2. The van der Waals surface area contributed by atoms with E-state index < -0.39 is 11.2 Å². The van der Waals surface area contributed by atoms with Gasteiger partial charge in [0.15, 0.2) is 22.7 Å². The largest absolute Gasteiger partial charge is 0.378 e. The molecule has 2 aromatic heterocycles. The zero-order valence-corrected chi connectivity index (χ0v) is 12.2. The summed E-state index contributed by atoms with van der Waals surface area (Å²) in [7, 11) is 2.89. The normalized spacial score (nSPS) is 15.0. The highest BCUT2D eigenvalue weighted by Gasteiger charge is 2.21. The predicted octanol–water partition coefficient (Wildman–Crippen LogP) is -1.26. The van der Waals surface area contributed by atoms with Gasteiger partial charge in [0.1, 0.15) is 6.07 Å². The van der Waals surface area contributed by atoms with E-state index in [1.807, 2.05) is 11.0 Å². The summed E-state index contributed by atoms with van der Waals surface area (Å²) in [5.74, 6) is 0.376. The summed E-state index contributed by atoms with van der Waals surface area (Å²) in [5, 5.41) is 9.30. The standard InChI is InChI=1S/C13H14N6O3/c1-17-11-9(12(20)18(2)13(17)21)15-8(7-14)10(16-11)19-3-5-22-6-4-19/h3-6H2,1-2H3. The number of nitriles is 1. The van der Waals surface area contributed by atoms with Crippen LogP contribution in [-0.4, -0.2) is 45.4 Å². The minimum Gasteiger partial charge on any atom is -0.378 e. The first-order chi connectivity index (χ1) is 10.5. The molecule has 2 aromatic rings. The van der Waals surface area contributed by atoms with Gasteiger partial charge < -0.3 is 9.64 Å². The van der Waals surface area contributed by atoms with Gasteiger partial charge in [0.05, 0.1) is 13.2 Å². The van der Waals surface area contributed by atoms with Crippen molar-refractivity contribution in [3.05, 3.63) is 26.5 Å². The summed E-state index contributed by atoms with van der Waals surface area (Å²) in [4.78, 5) is 34.5. The van der Waals surface area contributed by atoms with E-state index in [4.69, 9.17) is 4.74 Å². The highest BCUT2D eigenvalue weighted by molar-refractivity contribution is 5.73. The van der Waals surface area contributed by atoms with Crippen molar-refractivity contribution in [2.75, 3.05) is 31.2 Å². The zero-order chi connectivity index (χ0) is 15.9. The summed E-state index contributed by atoms with van der Waals surface area (Å²) in [6.07, 6.45) is 0. The van der Waals surface area contributed by atoms with E-state index in [2.05, 4.69) is 9.97 Å². The van der Waals surface area contributed by atoms with E-state index in [9.17, 15) is 14.9 Å². The van der Waals surface area contributed by atoms with Crippen molar-refractivity contribution in [2.24, 2.45) is 14.1 Å². The van der Waals surface area contributed by atoms with Gasteiger partial charge in [-0.15, -0.1) is 0 Å². The molecule has 1 saturated heterocycles. The van der Waals surface area contributed by atoms with E-state index in [0.717, 1.165) is 4.57 Å². The lowest BCUT2D eigenvalue weighted by Crippen LogP contribution is -2.40. The maximum absolute atomic E-state index is 12.2. The summed E-state index contributed by atoms with van der Waals surface area (Å²) >= 11 is 0. The molecular formula is C13H14N6O3. The molecule has 0 aromatic carbocycles. The summed E-state index contributed by atoms with van der Waals surface area (Å²) < 4.78 is 7.49. The van der Waals surface area contributed by atoms with E-state index in [1.165, 1.54) is 18.7 Å². The Morgan fingerprint density at radius 1 is 1.14 bits per heavy atom. The van der Waals surface area contributed by atoms with E-state index in [0.29, 0.717) is 32.1 Å². The van der Waals surface area contributed by atoms with Gasteiger partial charge in [-0.3, -0.25) is 13.9 Å². The molecule has 1 fully saturated rings. The highest BCUT2D eigenvalue weighted by Crippen LogP contribution is 2.18. The average molecular weight is 302 g/mol. The minimum absolute atomic E-state index is 0.0122. The van der Waals surface area contributed by atoms with Gasteiger partial charge in [0.25, 0.3) is 5.56 Å². The molecule has 1 aliphatic rings. The first-order valence-corrected chi connectivity index (χ1v) is 6.75. The summed E-state index contributed by atoms with van der Waals surface area (Å²) in [5.41, 5.74) is -0.781. The Bertz CT molecular complexity index is 901. The molecule has 0 radical (unpaired) electrons. The maximum Gasteiger partial charge on any atom is 0.332 e. The Morgan fingerprint density at radius 3 is 2.45 bits per heavy atom. The third kappa shape index (κ3) is 2.05. The van der Waals surface area contributed by atoms with Gasteiger partial charge in [0, 0.05) is 27.2 Å². The molecule has 1 aliphatic heterocycles.